The number of hydrogen-bond donors (Lipinski definition) is 1. The predicted octanol–water partition coefficient (Wildman–Crippen LogP) is 8.96. The van der Waals surface area contributed by atoms with Crippen molar-refractivity contribution in [2.45, 2.75) is 83.8 Å². The second-order valence-electron chi connectivity index (χ2n) is 11.1. The van der Waals surface area contributed by atoms with Crippen LogP contribution in [0.2, 0.25) is 5.02 Å². The summed E-state index contributed by atoms with van der Waals surface area (Å²) in [7, 11) is 0. The molecule has 8 heteroatoms. The number of amides is 1. The summed E-state index contributed by atoms with van der Waals surface area (Å²) in [6, 6.07) is 12.9. The highest BCUT2D eigenvalue weighted by Gasteiger charge is 2.31. The van der Waals surface area contributed by atoms with Crippen LogP contribution >= 0.6 is 11.6 Å². The summed E-state index contributed by atoms with van der Waals surface area (Å²) >= 11 is 6.51. The Labute approximate surface area is 226 Å². The summed E-state index contributed by atoms with van der Waals surface area (Å²) in [5.41, 5.74) is 2.26. The molecule has 1 saturated carbocycles. The Hall–Kier alpha value is -2.93. The maximum atomic E-state index is 13.8. The number of ketones is 1. The number of benzene rings is 2. The van der Waals surface area contributed by atoms with E-state index in [1.165, 1.54) is 0 Å². The zero-order chi connectivity index (χ0) is 27.5. The number of ether oxygens (including phenoxy) is 1. The molecular weight excluding hydrogens is 512 g/mol. The van der Waals surface area contributed by atoms with Gasteiger partial charge in [-0.1, -0.05) is 42.3 Å². The van der Waals surface area contributed by atoms with Crippen LogP contribution in [0.4, 0.5) is 13.6 Å². The van der Waals surface area contributed by atoms with E-state index in [2.05, 4.69) is 5.32 Å². The third-order valence-corrected chi connectivity index (χ3v) is 7.02. The molecule has 204 valence electrons. The molecule has 4 rings (SSSR count). The van der Waals surface area contributed by atoms with Gasteiger partial charge in [-0.25, -0.2) is 13.6 Å². The second-order valence-corrected chi connectivity index (χ2v) is 11.5. The lowest BCUT2D eigenvalue weighted by Crippen LogP contribution is -2.32. The Morgan fingerprint density at radius 2 is 1.71 bits per heavy atom. The summed E-state index contributed by atoms with van der Waals surface area (Å²) < 4.78 is 38.7. The van der Waals surface area contributed by atoms with E-state index in [1.807, 2.05) is 24.3 Å². The van der Waals surface area contributed by atoms with Gasteiger partial charge in [0.25, 0.3) is 0 Å². The van der Waals surface area contributed by atoms with E-state index in [4.69, 9.17) is 20.8 Å². The molecule has 1 fully saturated rings. The van der Waals surface area contributed by atoms with Crippen molar-refractivity contribution in [3.8, 4) is 11.1 Å². The zero-order valence-corrected chi connectivity index (χ0v) is 22.8. The number of Topliss-reactive ketones (excluding diaryl/α,β-unsaturated/α-hetero) is 1. The van der Waals surface area contributed by atoms with Crippen LogP contribution in [0.15, 0.2) is 46.9 Å². The van der Waals surface area contributed by atoms with Crippen molar-refractivity contribution >= 4 is 34.4 Å². The largest absolute Gasteiger partial charge is 0.458 e. The van der Waals surface area contributed by atoms with Gasteiger partial charge in [-0.05, 0) is 75.8 Å². The number of rotatable bonds is 5. The zero-order valence-electron chi connectivity index (χ0n) is 22.0. The lowest BCUT2D eigenvalue weighted by Gasteiger charge is -2.19. The van der Waals surface area contributed by atoms with Crippen molar-refractivity contribution in [2.24, 2.45) is 5.92 Å². The molecule has 1 heterocycles. The minimum Gasteiger partial charge on any atom is -0.458 e. The van der Waals surface area contributed by atoms with Crippen LogP contribution < -0.4 is 5.32 Å². The average Bonchev–Trinajstić information content (AvgIpc) is 3.29. The fraction of sp³-hybridized carbons (Fsp3) is 0.467. The van der Waals surface area contributed by atoms with Gasteiger partial charge in [0, 0.05) is 29.7 Å². The van der Waals surface area contributed by atoms with Gasteiger partial charge in [0.2, 0.25) is 5.92 Å². The highest BCUT2D eigenvalue weighted by Crippen LogP contribution is 2.35. The number of alkyl halides is 2. The fourth-order valence-electron chi connectivity index (χ4n) is 4.87. The van der Waals surface area contributed by atoms with Crippen LogP contribution in [0, 0.1) is 5.92 Å². The van der Waals surface area contributed by atoms with Crippen LogP contribution in [0.3, 0.4) is 0 Å². The first-order valence-corrected chi connectivity index (χ1v) is 13.5. The summed E-state index contributed by atoms with van der Waals surface area (Å²) in [5.74, 6) is -2.28. The van der Waals surface area contributed by atoms with Crippen molar-refractivity contribution in [1.82, 2.24) is 5.32 Å². The number of carbonyl (C=O) groups excluding carboxylic acids is 2. The molecule has 0 bridgehead atoms. The maximum Gasteiger partial charge on any atom is 0.408 e. The van der Waals surface area contributed by atoms with Crippen LogP contribution in [0.1, 0.15) is 81.8 Å². The Morgan fingerprint density at radius 3 is 2.42 bits per heavy atom. The summed E-state index contributed by atoms with van der Waals surface area (Å²) in [6.07, 6.45) is 1.82. The van der Waals surface area contributed by atoms with Gasteiger partial charge in [0.15, 0.2) is 11.4 Å². The Bertz CT molecular complexity index is 1290. The van der Waals surface area contributed by atoms with Crippen molar-refractivity contribution in [1.29, 1.82) is 0 Å². The van der Waals surface area contributed by atoms with Gasteiger partial charge in [-0.3, -0.25) is 4.79 Å². The van der Waals surface area contributed by atoms with E-state index in [0.717, 1.165) is 16.5 Å². The van der Waals surface area contributed by atoms with Crippen LogP contribution in [-0.2, 0) is 11.3 Å². The molecule has 1 N–H and O–H groups in total. The van der Waals surface area contributed by atoms with E-state index >= 15 is 0 Å². The number of alkyl carbamates (subject to hydrolysis) is 1. The molecule has 1 unspecified atom stereocenters. The van der Waals surface area contributed by atoms with Gasteiger partial charge in [-0.2, -0.15) is 0 Å². The minimum absolute atomic E-state index is 0.0206. The van der Waals surface area contributed by atoms with E-state index in [0.29, 0.717) is 54.0 Å². The number of furan rings is 1. The Morgan fingerprint density at radius 1 is 1.03 bits per heavy atom. The third kappa shape index (κ3) is 7.34. The van der Waals surface area contributed by atoms with Crippen LogP contribution in [0.25, 0.3) is 22.1 Å². The number of nitrogens with one attached hydrogen (secondary N) is 1. The minimum atomic E-state index is -2.62. The van der Waals surface area contributed by atoms with Gasteiger partial charge >= 0.3 is 6.09 Å². The van der Waals surface area contributed by atoms with Gasteiger partial charge in [0.1, 0.15) is 11.4 Å². The van der Waals surface area contributed by atoms with Crippen LogP contribution in [-0.4, -0.2) is 23.4 Å². The third-order valence-electron chi connectivity index (χ3n) is 6.74. The molecule has 0 saturated heterocycles. The van der Waals surface area contributed by atoms with E-state index < -0.39 is 17.6 Å². The first-order valence-electron chi connectivity index (χ1n) is 13.1. The smallest absolute Gasteiger partial charge is 0.408 e. The van der Waals surface area contributed by atoms with Crippen molar-refractivity contribution < 1.29 is 27.5 Å². The molecule has 1 amide bonds. The number of fused-ring (bicyclic) bond motifs is 1. The number of carbonyl (C=O) groups is 2. The fourth-order valence-corrected chi connectivity index (χ4v) is 5.13. The molecule has 0 aliphatic heterocycles. The average molecular weight is 546 g/mol. The summed E-state index contributed by atoms with van der Waals surface area (Å²) in [5, 5.41) is 3.90. The molecule has 1 aliphatic rings. The number of hydrogen-bond acceptors (Lipinski definition) is 4. The molecule has 0 radical (unpaired) electrons. The predicted molar refractivity (Wildman–Crippen MR) is 145 cm³/mol. The van der Waals surface area contributed by atoms with E-state index in [-0.39, 0.29) is 31.1 Å². The van der Waals surface area contributed by atoms with Gasteiger partial charge in [0.05, 0.1) is 11.6 Å². The normalized spacial score (nSPS) is 18.3. The van der Waals surface area contributed by atoms with Crippen molar-refractivity contribution in [2.75, 3.05) is 0 Å². The highest BCUT2D eigenvalue weighted by atomic mass is 35.5. The molecule has 3 aromatic rings. The topological polar surface area (TPSA) is 68.5 Å². The van der Waals surface area contributed by atoms with Crippen molar-refractivity contribution in [3.05, 3.63) is 58.8 Å². The molecule has 0 spiro atoms. The molecule has 2 aromatic carbocycles. The maximum absolute atomic E-state index is 13.8. The summed E-state index contributed by atoms with van der Waals surface area (Å²) in [4.78, 5) is 25.1. The monoisotopic (exact) mass is 545 g/mol. The molecule has 5 nitrogen and oxygen atoms in total. The SMILES string of the molecule is CC(C)(C)OC(=O)NCc1cc2cc(-c3ccc(C(=O)C4CCCCC(F)(F)CCC4)cc3)cc(Cl)c2o1. The van der Waals surface area contributed by atoms with Gasteiger partial charge in [-0.15, -0.1) is 0 Å². The molecule has 1 atom stereocenters. The highest BCUT2D eigenvalue weighted by molar-refractivity contribution is 6.35. The lowest BCUT2D eigenvalue weighted by atomic mass is 9.88. The second kappa shape index (κ2) is 11.4. The molecule has 1 aromatic heterocycles. The Kier molecular flexibility index (Phi) is 8.46. The molecule has 1 aliphatic carbocycles. The lowest BCUT2D eigenvalue weighted by molar-refractivity contribution is -0.0192. The van der Waals surface area contributed by atoms with E-state index in [1.54, 1.807) is 39.0 Å². The first kappa shape index (κ1) is 28.1. The van der Waals surface area contributed by atoms with Crippen LogP contribution in [0.5, 0.6) is 0 Å². The first-order chi connectivity index (χ1) is 17.9. The molecule has 38 heavy (non-hydrogen) atoms. The van der Waals surface area contributed by atoms with Gasteiger partial charge < -0.3 is 14.5 Å². The molecular formula is C30H34ClF2NO4. The van der Waals surface area contributed by atoms with Crippen molar-refractivity contribution in [3.63, 3.8) is 0 Å². The van der Waals surface area contributed by atoms with E-state index in [9.17, 15) is 18.4 Å². The quantitative estimate of drug-likeness (QED) is 0.325. The summed E-state index contributed by atoms with van der Waals surface area (Å²) in [6.45, 7) is 5.53. The Balaban J connectivity index is 1.45. The number of halogens is 3. The standard InChI is InChI=1S/C30H34ClF2NO4/c1-29(2,3)38-28(36)34-18-24-16-23-15-22(17-25(31)27(23)37-24)19-9-11-21(12-10-19)26(35)20-7-4-5-13-30(32,33)14-6-8-20/h9-12,15-17,20H,4-8,13-14,18H2,1-3H3,(H,34,36).